The molecule has 1 fully saturated rings. The van der Waals surface area contributed by atoms with Crippen LogP contribution in [-0.4, -0.2) is 7.11 Å². The fourth-order valence-electron chi connectivity index (χ4n) is 4.12. The second kappa shape index (κ2) is 10.2. The molecule has 0 spiro atoms. The number of benzene rings is 2. The van der Waals surface area contributed by atoms with Gasteiger partial charge in [0.25, 0.3) is 0 Å². The van der Waals surface area contributed by atoms with Crippen molar-refractivity contribution < 1.29 is 4.74 Å². The number of hydrogen-bond donors (Lipinski definition) is 0. The van der Waals surface area contributed by atoms with Gasteiger partial charge in [0.15, 0.2) is 0 Å². The summed E-state index contributed by atoms with van der Waals surface area (Å²) in [7, 11) is 1.68. The van der Waals surface area contributed by atoms with Gasteiger partial charge in [0.1, 0.15) is 5.75 Å². The van der Waals surface area contributed by atoms with Crippen LogP contribution < -0.4 is 4.74 Å². The Morgan fingerprint density at radius 3 is 1.96 bits per heavy atom. The molecule has 0 heterocycles. The Morgan fingerprint density at radius 1 is 0.815 bits per heavy atom. The lowest BCUT2D eigenvalue weighted by Gasteiger charge is -2.29. The van der Waals surface area contributed by atoms with Gasteiger partial charge in [-0.05, 0) is 79.5 Å². The average molecular weight is 361 g/mol. The highest BCUT2D eigenvalue weighted by atomic mass is 16.5. The van der Waals surface area contributed by atoms with Crippen molar-refractivity contribution in [3.05, 3.63) is 65.2 Å². The van der Waals surface area contributed by atoms with Crippen molar-refractivity contribution >= 4 is 0 Å². The summed E-state index contributed by atoms with van der Waals surface area (Å²) in [6.07, 6.45) is 11.1. The zero-order valence-corrected chi connectivity index (χ0v) is 16.8. The standard InChI is InChI=1S/C26H32O/c1-3-4-5-6-21-9-15-24(16-10-21)25-17-11-22(12-18-25)7-8-23-13-19-26(27-2)20-14-23/h11-14,17-21,24H,3-6,9-10,15-16H2,1-2H3. The van der Waals surface area contributed by atoms with E-state index in [0.29, 0.717) is 0 Å². The monoisotopic (exact) mass is 360 g/mol. The molecule has 0 radical (unpaired) electrons. The van der Waals surface area contributed by atoms with Crippen molar-refractivity contribution in [1.82, 2.24) is 0 Å². The topological polar surface area (TPSA) is 9.23 Å². The largest absolute Gasteiger partial charge is 0.497 e. The van der Waals surface area contributed by atoms with Gasteiger partial charge in [-0.1, -0.05) is 56.6 Å². The van der Waals surface area contributed by atoms with Crippen molar-refractivity contribution in [3.8, 4) is 17.6 Å². The lowest BCUT2D eigenvalue weighted by atomic mass is 9.77. The first-order valence-corrected chi connectivity index (χ1v) is 10.5. The second-order valence-electron chi connectivity index (χ2n) is 7.81. The fourth-order valence-corrected chi connectivity index (χ4v) is 4.12. The van der Waals surface area contributed by atoms with Crippen LogP contribution in [0.25, 0.3) is 0 Å². The van der Waals surface area contributed by atoms with Gasteiger partial charge in [-0.2, -0.15) is 0 Å². The van der Waals surface area contributed by atoms with Gasteiger partial charge >= 0.3 is 0 Å². The molecule has 0 N–H and O–H groups in total. The highest BCUT2D eigenvalue weighted by Crippen LogP contribution is 2.37. The number of unbranched alkanes of at least 4 members (excludes halogenated alkanes) is 2. The van der Waals surface area contributed by atoms with E-state index in [1.807, 2.05) is 24.3 Å². The predicted octanol–water partition coefficient (Wildman–Crippen LogP) is 6.95. The maximum Gasteiger partial charge on any atom is 0.118 e. The summed E-state index contributed by atoms with van der Waals surface area (Å²) in [5, 5.41) is 0. The molecule has 1 saturated carbocycles. The molecule has 0 aliphatic heterocycles. The zero-order chi connectivity index (χ0) is 18.9. The quantitative estimate of drug-likeness (QED) is 0.400. The third kappa shape index (κ3) is 5.90. The molecule has 0 unspecified atom stereocenters. The molecular weight excluding hydrogens is 328 g/mol. The summed E-state index contributed by atoms with van der Waals surface area (Å²) in [5.41, 5.74) is 3.60. The average Bonchev–Trinajstić information content (AvgIpc) is 2.74. The number of rotatable bonds is 6. The van der Waals surface area contributed by atoms with E-state index in [2.05, 4.69) is 43.0 Å². The molecular formula is C26H32O. The zero-order valence-electron chi connectivity index (χ0n) is 16.8. The van der Waals surface area contributed by atoms with Crippen LogP contribution in [0.15, 0.2) is 48.5 Å². The summed E-state index contributed by atoms with van der Waals surface area (Å²) < 4.78 is 5.19. The summed E-state index contributed by atoms with van der Waals surface area (Å²) in [6, 6.07) is 16.8. The van der Waals surface area contributed by atoms with Gasteiger partial charge in [-0.25, -0.2) is 0 Å². The minimum absolute atomic E-state index is 0.746. The molecule has 2 aromatic carbocycles. The Bertz CT molecular complexity index is 738. The van der Waals surface area contributed by atoms with E-state index >= 15 is 0 Å². The van der Waals surface area contributed by atoms with Crippen molar-refractivity contribution in [1.29, 1.82) is 0 Å². The molecule has 0 aromatic heterocycles. The van der Waals surface area contributed by atoms with E-state index in [0.717, 1.165) is 28.7 Å². The van der Waals surface area contributed by atoms with Crippen LogP contribution in [0.2, 0.25) is 0 Å². The fraction of sp³-hybridized carbons (Fsp3) is 0.462. The molecule has 3 rings (SSSR count). The molecule has 2 aromatic rings. The smallest absolute Gasteiger partial charge is 0.118 e. The molecule has 1 nitrogen and oxygen atoms in total. The van der Waals surface area contributed by atoms with Crippen LogP contribution in [0.4, 0.5) is 0 Å². The van der Waals surface area contributed by atoms with E-state index in [-0.39, 0.29) is 0 Å². The normalized spacial score (nSPS) is 19.2. The molecule has 27 heavy (non-hydrogen) atoms. The van der Waals surface area contributed by atoms with Gasteiger partial charge < -0.3 is 4.74 Å². The van der Waals surface area contributed by atoms with E-state index in [9.17, 15) is 0 Å². The summed E-state index contributed by atoms with van der Waals surface area (Å²) in [6.45, 7) is 2.29. The van der Waals surface area contributed by atoms with Crippen LogP contribution in [-0.2, 0) is 0 Å². The summed E-state index contributed by atoms with van der Waals surface area (Å²) >= 11 is 0. The van der Waals surface area contributed by atoms with Crippen molar-refractivity contribution in [3.63, 3.8) is 0 Å². The first kappa shape index (κ1) is 19.6. The number of hydrogen-bond acceptors (Lipinski definition) is 1. The molecule has 1 aliphatic rings. The predicted molar refractivity (Wildman–Crippen MR) is 114 cm³/mol. The molecule has 0 saturated heterocycles. The van der Waals surface area contributed by atoms with Gasteiger partial charge in [0, 0.05) is 11.1 Å². The molecule has 1 aliphatic carbocycles. The van der Waals surface area contributed by atoms with Gasteiger partial charge in [0.2, 0.25) is 0 Å². The molecule has 142 valence electrons. The summed E-state index contributed by atoms with van der Waals surface area (Å²) in [5.74, 6) is 9.10. The summed E-state index contributed by atoms with van der Waals surface area (Å²) in [4.78, 5) is 0. The third-order valence-corrected chi connectivity index (χ3v) is 5.89. The molecule has 0 amide bonds. The van der Waals surface area contributed by atoms with E-state index in [4.69, 9.17) is 4.74 Å². The number of ether oxygens (including phenoxy) is 1. The van der Waals surface area contributed by atoms with E-state index in [1.165, 1.54) is 56.9 Å². The SMILES string of the molecule is CCCCCC1CCC(c2ccc(C#Cc3ccc(OC)cc3)cc2)CC1. The van der Waals surface area contributed by atoms with Crippen molar-refractivity contribution in [2.24, 2.45) is 5.92 Å². The maximum absolute atomic E-state index is 5.19. The Hall–Kier alpha value is -2.20. The first-order valence-electron chi connectivity index (χ1n) is 10.5. The van der Waals surface area contributed by atoms with Crippen LogP contribution in [0, 0.1) is 17.8 Å². The lowest BCUT2D eigenvalue weighted by Crippen LogP contribution is -2.13. The third-order valence-electron chi connectivity index (χ3n) is 5.89. The Morgan fingerprint density at radius 2 is 1.41 bits per heavy atom. The minimum Gasteiger partial charge on any atom is -0.497 e. The molecule has 0 bridgehead atoms. The van der Waals surface area contributed by atoms with Crippen LogP contribution >= 0.6 is 0 Å². The molecule has 1 heteroatoms. The van der Waals surface area contributed by atoms with E-state index < -0.39 is 0 Å². The highest BCUT2D eigenvalue weighted by molar-refractivity contribution is 5.45. The Balaban J connectivity index is 1.53. The highest BCUT2D eigenvalue weighted by Gasteiger charge is 2.21. The van der Waals surface area contributed by atoms with Crippen molar-refractivity contribution in [2.75, 3.05) is 7.11 Å². The lowest BCUT2D eigenvalue weighted by molar-refractivity contribution is 0.303. The van der Waals surface area contributed by atoms with Gasteiger partial charge in [-0.15, -0.1) is 0 Å². The first-order chi connectivity index (χ1) is 13.3. The van der Waals surface area contributed by atoms with Crippen LogP contribution in [0.1, 0.15) is 80.9 Å². The minimum atomic E-state index is 0.746. The van der Waals surface area contributed by atoms with Gasteiger partial charge in [0.05, 0.1) is 7.11 Å². The second-order valence-corrected chi connectivity index (χ2v) is 7.81. The maximum atomic E-state index is 5.19. The van der Waals surface area contributed by atoms with Gasteiger partial charge in [-0.3, -0.25) is 0 Å². The van der Waals surface area contributed by atoms with Crippen LogP contribution in [0.3, 0.4) is 0 Å². The van der Waals surface area contributed by atoms with Crippen LogP contribution in [0.5, 0.6) is 5.75 Å². The molecule has 0 atom stereocenters. The Kier molecular flexibility index (Phi) is 7.40. The Labute approximate surface area is 165 Å². The number of methoxy groups -OCH3 is 1. The van der Waals surface area contributed by atoms with Crippen molar-refractivity contribution in [2.45, 2.75) is 64.2 Å². The van der Waals surface area contributed by atoms with E-state index in [1.54, 1.807) is 7.11 Å².